The minimum Gasteiger partial charge on any atom is -0.497 e. The Kier molecular flexibility index (Phi) is 5.03. The fourth-order valence-corrected chi connectivity index (χ4v) is 3.12. The molecule has 25 heavy (non-hydrogen) atoms. The molecule has 1 fully saturated rings. The van der Waals surface area contributed by atoms with Crippen LogP contribution in [0.1, 0.15) is 0 Å². The van der Waals surface area contributed by atoms with Crippen LogP contribution < -0.4 is 19.7 Å². The molecule has 1 N–H and O–H groups in total. The van der Waals surface area contributed by atoms with E-state index >= 15 is 0 Å². The first-order valence-electron chi connectivity index (χ1n) is 7.60. The smallest absolute Gasteiger partial charge is 0.325 e. The Labute approximate surface area is 149 Å². The van der Waals surface area contributed by atoms with E-state index in [0.29, 0.717) is 35.4 Å². The van der Waals surface area contributed by atoms with Crippen LogP contribution in [0.2, 0.25) is 0 Å². The summed E-state index contributed by atoms with van der Waals surface area (Å²) in [5, 5.41) is 4.96. The summed E-state index contributed by atoms with van der Waals surface area (Å²) < 4.78 is 10.6. The number of benzene rings is 1. The molecule has 2 heterocycles. The monoisotopic (exact) mass is 362 g/mol. The first-order valence-corrected chi connectivity index (χ1v) is 8.48. The molecule has 2 aromatic rings. The van der Waals surface area contributed by atoms with Gasteiger partial charge in [0.15, 0.2) is 5.13 Å². The lowest BCUT2D eigenvalue weighted by Crippen LogP contribution is -2.37. The van der Waals surface area contributed by atoms with Gasteiger partial charge in [-0.25, -0.2) is 9.78 Å². The van der Waals surface area contributed by atoms with Gasteiger partial charge in [-0.15, -0.1) is 11.3 Å². The maximum absolute atomic E-state index is 12.7. The van der Waals surface area contributed by atoms with Crippen molar-refractivity contribution in [3.8, 4) is 11.5 Å². The van der Waals surface area contributed by atoms with E-state index in [9.17, 15) is 9.59 Å². The highest BCUT2D eigenvalue weighted by Crippen LogP contribution is 2.34. The third kappa shape index (κ3) is 3.66. The molecule has 0 atom stereocenters. The maximum atomic E-state index is 12.7. The Balaban J connectivity index is 1.70. The number of ether oxygens (including phenoxy) is 2. The third-order valence-electron chi connectivity index (χ3n) is 3.78. The van der Waals surface area contributed by atoms with Crippen molar-refractivity contribution < 1.29 is 19.1 Å². The van der Waals surface area contributed by atoms with Crippen LogP contribution in [0.15, 0.2) is 29.8 Å². The molecule has 0 unspecified atom stereocenters. The van der Waals surface area contributed by atoms with Crippen LogP contribution in [0.4, 0.5) is 15.6 Å². The van der Waals surface area contributed by atoms with E-state index in [4.69, 9.17) is 9.47 Å². The number of hydrogen-bond donors (Lipinski definition) is 1. The minimum absolute atomic E-state index is 0.0266. The van der Waals surface area contributed by atoms with Gasteiger partial charge < -0.3 is 19.7 Å². The van der Waals surface area contributed by atoms with Gasteiger partial charge >= 0.3 is 6.03 Å². The Morgan fingerprint density at radius 2 is 2.16 bits per heavy atom. The fourth-order valence-electron chi connectivity index (χ4n) is 2.58. The molecule has 1 aromatic carbocycles. The van der Waals surface area contributed by atoms with Crippen LogP contribution in [0.25, 0.3) is 0 Å². The largest absolute Gasteiger partial charge is 0.497 e. The molecule has 0 bridgehead atoms. The number of anilines is 2. The number of rotatable bonds is 6. The Hall–Kier alpha value is -2.81. The molecular weight excluding hydrogens is 344 g/mol. The predicted octanol–water partition coefficient (Wildman–Crippen LogP) is 2.04. The highest BCUT2D eigenvalue weighted by Gasteiger charge is 2.32. The standard InChI is InChI=1S/C16H18N4O4S/c1-23-11-3-4-13(24-2)12(9-11)20-7-6-19(16(20)22)10-14(21)18-15-17-5-8-25-15/h3-5,8-9H,6-7,10H2,1-2H3,(H,17,18,21). The van der Waals surface area contributed by atoms with Crippen molar-refractivity contribution in [2.24, 2.45) is 0 Å². The van der Waals surface area contributed by atoms with Gasteiger partial charge in [-0.05, 0) is 12.1 Å². The first-order chi connectivity index (χ1) is 12.1. The summed E-state index contributed by atoms with van der Waals surface area (Å²) in [6.45, 7) is 0.887. The number of carbonyl (C=O) groups excluding carboxylic acids is 2. The van der Waals surface area contributed by atoms with Gasteiger partial charge in [-0.1, -0.05) is 0 Å². The summed E-state index contributed by atoms with van der Waals surface area (Å²) in [4.78, 5) is 31.8. The first kappa shape index (κ1) is 17.0. The van der Waals surface area contributed by atoms with Crippen molar-refractivity contribution in [1.82, 2.24) is 9.88 Å². The van der Waals surface area contributed by atoms with E-state index < -0.39 is 0 Å². The van der Waals surface area contributed by atoms with Crippen molar-refractivity contribution in [2.75, 3.05) is 44.1 Å². The highest BCUT2D eigenvalue weighted by atomic mass is 32.1. The zero-order chi connectivity index (χ0) is 17.8. The van der Waals surface area contributed by atoms with Gasteiger partial charge in [0.05, 0.1) is 19.9 Å². The number of thiazole rings is 1. The third-order valence-corrected chi connectivity index (χ3v) is 4.47. The van der Waals surface area contributed by atoms with Crippen LogP contribution in [0.5, 0.6) is 11.5 Å². The average Bonchev–Trinajstić information content (AvgIpc) is 3.25. The van der Waals surface area contributed by atoms with Gasteiger partial charge in [0.1, 0.15) is 18.0 Å². The van der Waals surface area contributed by atoms with Crippen LogP contribution in [0, 0.1) is 0 Å². The Morgan fingerprint density at radius 3 is 2.84 bits per heavy atom. The number of urea groups is 1. The topological polar surface area (TPSA) is 84.0 Å². The van der Waals surface area contributed by atoms with Crippen molar-refractivity contribution in [3.63, 3.8) is 0 Å². The second-order valence-electron chi connectivity index (χ2n) is 5.28. The number of nitrogens with zero attached hydrogens (tertiary/aromatic N) is 3. The predicted molar refractivity (Wildman–Crippen MR) is 94.6 cm³/mol. The highest BCUT2D eigenvalue weighted by molar-refractivity contribution is 7.13. The molecule has 0 aliphatic carbocycles. The SMILES string of the molecule is COc1ccc(OC)c(N2CCN(CC(=O)Nc3nccs3)C2=O)c1. The molecule has 3 amide bonds. The molecule has 1 aliphatic rings. The van der Waals surface area contributed by atoms with Gasteiger partial charge in [0.25, 0.3) is 0 Å². The lowest BCUT2D eigenvalue weighted by molar-refractivity contribution is -0.116. The van der Waals surface area contributed by atoms with Crippen molar-refractivity contribution in [2.45, 2.75) is 0 Å². The lowest BCUT2D eigenvalue weighted by Gasteiger charge is -2.20. The molecule has 3 rings (SSSR count). The quantitative estimate of drug-likeness (QED) is 0.850. The normalized spacial score (nSPS) is 13.9. The van der Waals surface area contributed by atoms with Crippen LogP contribution in [-0.2, 0) is 4.79 Å². The molecule has 1 saturated heterocycles. The van der Waals surface area contributed by atoms with Crippen LogP contribution >= 0.6 is 11.3 Å². The summed E-state index contributed by atoms with van der Waals surface area (Å²) in [5.74, 6) is 0.926. The Bertz CT molecular complexity index is 766. The number of carbonyl (C=O) groups is 2. The lowest BCUT2D eigenvalue weighted by atomic mass is 10.2. The summed E-state index contributed by atoms with van der Waals surface area (Å²) >= 11 is 1.33. The maximum Gasteiger partial charge on any atom is 0.325 e. The summed E-state index contributed by atoms with van der Waals surface area (Å²) in [6, 6.07) is 5.01. The van der Waals surface area contributed by atoms with Crippen molar-refractivity contribution in [1.29, 1.82) is 0 Å². The second-order valence-corrected chi connectivity index (χ2v) is 6.17. The molecule has 1 aliphatic heterocycles. The summed E-state index contributed by atoms with van der Waals surface area (Å²) in [5.41, 5.74) is 0.620. The number of methoxy groups -OCH3 is 2. The summed E-state index contributed by atoms with van der Waals surface area (Å²) in [6.07, 6.45) is 1.61. The van der Waals surface area contributed by atoms with Crippen LogP contribution in [0.3, 0.4) is 0 Å². The van der Waals surface area contributed by atoms with E-state index in [1.165, 1.54) is 16.2 Å². The number of nitrogens with one attached hydrogen (secondary N) is 1. The molecule has 1 aromatic heterocycles. The fraction of sp³-hybridized carbons (Fsp3) is 0.312. The Morgan fingerprint density at radius 1 is 1.32 bits per heavy atom. The number of aromatic nitrogens is 1. The molecule has 0 radical (unpaired) electrons. The number of amides is 3. The second kappa shape index (κ2) is 7.39. The molecule has 8 nitrogen and oxygen atoms in total. The zero-order valence-electron chi connectivity index (χ0n) is 13.9. The molecule has 9 heteroatoms. The number of hydrogen-bond acceptors (Lipinski definition) is 6. The average molecular weight is 362 g/mol. The van der Waals surface area contributed by atoms with Crippen molar-refractivity contribution >= 4 is 34.1 Å². The van der Waals surface area contributed by atoms with Crippen LogP contribution in [-0.4, -0.2) is 55.7 Å². The zero-order valence-corrected chi connectivity index (χ0v) is 14.7. The van der Waals surface area contributed by atoms with E-state index in [-0.39, 0.29) is 18.5 Å². The molecule has 0 spiro atoms. The van der Waals surface area contributed by atoms with E-state index in [2.05, 4.69) is 10.3 Å². The minimum atomic E-state index is -0.275. The molecular formula is C16H18N4O4S. The van der Waals surface area contributed by atoms with E-state index in [0.717, 1.165) is 0 Å². The van der Waals surface area contributed by atoms with Gasteiger partial charge in [0.2, 0.25) is 5.91 Å². The van der Waals surface area contributed by atoms with Gasteiger partial charge in [-0.3, -0.25) is 9.69 Å². The van der Waals surface area contributed by atoms with E-state index in [1.807, 2.05) is 0 Å². The van der Waals surface area contributed by atoms with Crippen molar-refractivity contribution in [3.05, 3.63) is 29.8 Å². The molecule has 132 valence electrons. The van der Waals surface area contributed by atoms with E-state index in [1.54, 1.807) is 48.9 Å². The van der Waals surface area contributed by atoms with Gasteiger partial charge in [0, 0.05) is 30.7 Å². The van der Waals surface area contributed by atoms with Gasteiger partial charge in [-0.2, -0.15) is 0 Å². The molecule has 0 saturated carbocycles. The summed E-state index contributed by atoms with van der Waals surface area (Å²) in [7, 11) is 3.11.